The number of benzene rings is 1. The lowest BCUT2D eigenvalue weighted by atomic mass is 10.2. The molecule has 0 saturated heterocycles. The second-order valence-corrected chi connectivity index (χ2v) is 6.09. The third-order valence-electron chi connectivity index (χ3n) is 3.38. The maximum absolute atomic E-state index is 14.3. The Balaban J connectivity index is 2.13. The summed E-state index contributed by atoms with van der Waals surface area (Å²) in [6, 6.07) is 6.13. The summed E-state index contributed by atoms with van der Waals surface area (Å²) in [6.45, 7) is 0. The molecule has 0 bridgehead atoms. The summed E-state index contributed by atoms with van der Waals surface area (Å²) in [6.07, 6.45) is -4.96. The molecule has 0 aliphatic rings. The SMILES string of the molecule is O=c1cc(C(F)(F)F)[nH]c(=O)n1-c1cc(Oc2cccc(Cl)n2)c(Cl)cc1F. The molecule has 28 heavy (non-hydrogen) atoms. The Kier molecular flexibility index (Phi) is 5.18. The quantitative estimate of drug-likeness (QED) is 0.494. The Morgan fingerprint density at radius 1 is 1.11 bits per heavy atom. The van der Waals surface area contributed by atoms with Crippen molar-refractivity contribution in [2.24, 2.45) is 0 Å². The number of hydrogen-bond donors (Lipinski definition) is 1. The van der Waals surface area contributed by atoms with Crippen molar-refractivity contribution >= 4 is 23.2 Å². The number of hydrogen-bond acceptors (Lipinski definition) is 4. The molecule has 12 heteroatoms. The number of pyridine rings is 1. The zero-order valence-corrected chi connectivity index (χ0v) is 14.9. The zero-order valence-electron chi connectivity index (χ0n) is 13.4. The van der Waals surface area contributed by atoms with Gasteiger partial charge in [0.15, 0.2) is 0 Å². The van der Waals surface area contributed by atoms with Crippen LogP contribution in [0.4, 0.5) is 17.6 Å². The number of H-pyrrole nitrogens is 1. The summed E-state index contributed by atoms with van der Waals surface area (Å²) in [5, 5.41) is -0.147. The molecule has 0 fully saturated rings. The first-order valence-electron chi connectivity index (χ1n) is 7.29. The fraction of sp³-hybridized carbons (Fsp3) is 0.0625. The van der Waals surface area contributed by atoms with Gasteiger partial charge < -0.3 is 9.72 Å². The van der Waals surface area contributed by atoms with Crippen LogP contribution in [0.5, 0.6) is 11.6 Å². The van der Waals surface area contributed by atoms with Crippen LogP contribution in [0.2, 0.25) is 10.2 Å². The van der Waals surface area contributed by atoms with Gasteiger partial charge in [-0.3, -0.25) is 4.79 Å². The van der Waals surface area contributed by atoms with Crippen LogP contribution < -0.4 is 16.0 Å². The molecule has 0 unspecified atom stereocenters. The van der Waals surface area contributed by atoms with Crippen LogP contribution in [0.25, 0.3) is 5.69 Å². The molecule has 6 nitrogen and oxygen atoms in total. The van der Waals surface area contributed by atoms with Crippen molar-refractivity contribution in [1.29, 1.82) is 0 Å². The van der Waals surface area contributed by atoms with Crippen LogP contribution in [0.15, 0.2) is 46.0 Å². The van der Waals surface area contributed by atoms with Gasteiger partial charge in [-0.25, -0.2) is 18.7 Å². The molecule has 1 N–H and O–H groups in total. The van der Waals surface area contributed by atoms with Gasteiger partial charge in [-0.1, -0.05) is 29.3 Å². The van der Waals surface area contributed by atoms with E-state index in [4.69, 9.17) is 27.9 Å². The van der Waals surface area contributed by atoms with Gasteiger partial charge in [-0.2, -0.15) is 13.2 Å². The Morgan fingerprint density at radius 2 is 1.82 bits per heavy atom. The number of aromatic nitrogens is 3. The highest BCUT2D eigenvalue weighted by Crippen LogP contribution is 2.32. The Bertz CT molecular complexity index is 1140. The number of nitrogens with zero attached hydrogens (tertiary/aromatic N) is 2. The van der Waals surface area contributed by atoms with E-state index in [1.807, 2.05) is 0 Å². The topological polar surface area (TPSA) is 77.0 Å². The van der Waals surface area contributed by atoms with Crippen LogP contribution in [-0.4, -0.2) is 14.5 Å². The molecule has 0 aliphatic carbocycles. The average molecular weight is 436 g/mol. The maximum Gasteiger partial charge on any atom is 0.431 e. The van der Waals surface area contributed by atoms with E-state index in [1.54, 1.807) is 0 Å². The molecule has 0 saturated carbocycles. The van der Waals surface area contributed by atoms with Gasteiger partial charge >= 0.3 is 11.9 Å². The minimum absolute atomic E-state index is 0.0272. The molecule has 3 rings (SSSR count). The van der Waals surface area contributed by atoms with Gasteiger partial charge in [0, 0.05) is 18.2 Å². The van der Waals surface area contributed by atoms with Crippen molar-refractivity contribution in [3.8, 4) is 17.3 Å². The molecule has 0 aliphatic heterocycles. The van der Waals surface area contributed by atoms with E-state index in [1.165, 1.54) is 23.2 Å². The van der Waals surface area contributed by atoms with Crippen LogP contribution in [0.1, 0.15) is 5.69 Å². The van der Waals surface area contributed by atoms with Crippen LogP contribution in [0, 0.1) is 5.82 Å². The highest BCUT2D eigenvalue weighted by molar-refractivity contribution is 6.32. The van der Waals surface area contributed by atoms with Gasteiger partial charge in [-0.05, 0) is 12.1 Å². The van der Waals surface area contributed by atoms with Crippen LogP contribution in [-0.2, 0) is 6.18 Å². The Hall–Kier alpha value is -2.85. The van der Waals surface area contributed by atoms with Crippen molar-refractivity contribution in [1.82, 2.24) is 14.5 Å². The van der Waals surface area contributed by atoms with Crippen molar-refractivity contribution in [3.05, 3.63) is 78.9 Å². The lowest BCUT2D eigenvalue weighted by molar-refractivity contribution is -0.141. The summed E-state index contributed by atoms with van der Waals surface area (Å²) in [4.78, 5) is 29.4. The third-order valence-corrected chi connectivity index (χ3v) is 3.89. The van der Waals surface area contributed by atoms with Gasteiger partial charge in [0.25, 0.3) is 5.56 Å². The number of halogens is 6. The molecule has 0 spiro atoms. The van der Waals surface area contributed by atoms with Crippen LogP contribution in [0.3, 0.4) is 0 Å². The Morgan fingerprint density at radius 3 is 2.43 bits per heavy atom. The van der Waals surface area contributed by atoms with Gasteiger partial charge in [-0.15, -0.1) is 0 Å². The largest absolute Gasteiger partial charge is 0.437 e. The van der Waals surface area contributed by atoms with Crippen molar-refractivity contribution in [3.63, 3.8) is 0 Å². The van der Waals surface area contributed by atoms with Crippen molar-refractivity contribution in [2.45, 2.75) is 6.18 Å². The number of alkyl halides is 3. The summed E-state index contributed by atoms with van der Waals surface area (Å²) < 4.78 is 58.0. The van der Waals surface area contributed by atoms with Crippen LogP contribution >= 0.6 is 23.2 Å². The van der Waals surface area contributed by atoms with Crippen molar-refractivity contribution < 1.29 is 22.3 Å². The highest BCUT2D eigenvalue weighted by Gasteiger charge is 2.33. The molecule has 1 aromatic carbocycles. The van der Waals surface area contributed by atoms with E-state index in [2.05, 4.69) is 4.98 Å². The predicted molar refractivity (Wildman–Crippen MR) is 92.0 cm³/mol. The summed E-state index contributed by atoms with van der Waals surface area (Å²) in [5.41, 5.74) is -5.12. The summed E-state index contributed by atoms with van der Waals surface area (Å²) in [7, 11) is 0. The average Bonchev–Trinajstić information content (AvgIpc) is 2.57. The molecular formula is C16H7Cl2F4N3O3. The number of ether oxygens (including phenoxy) is 1. The van der Waals surface area contributed by atoms with Gasteiger partial charge in [0.1, 0.15) is 22.4 Å². The second kappa shape index (κ2) is 7.28. The lowest BCUT2D eigenvalue weighted by Crippen LogP contribution is -2.36. The monoisotopic (exact) mass is 435 g/mol. The molecular weight excluding hydrogens is 429 g/mol. The lowest BCUT2D eigenvalue weighted by Gasteiger charge is -2.12. The molecule has 0 radical (unpaired) electrons. The van der Waals surface area contributed by atoms with E-state index < -0.39 is 34.6 Å². The molecule has 2 heterocycles. The molecule has 146 valence electrons. The van der Waals surface area contributed by atoms with Crippen molar-refractivity contribution in [2.75, 3.05) is 0 Å². The first-order valence-corrected chi connectivity index (χ1v) is 8.05. The fourth-order valence-electron chi connectivity index (χ4n) is 2.20. The molecule has 0 atom stereocenters. The minimum Gasteiger partial charge on any atom is -0.437 e. The van der Waals surface area contributed by atoms with E-state index in [0.717, 1.165) is 12.1 Å². The van der Waals surface area contributed by atoms with E-state index in [0.29, 0.717) is 0 Å². The van der Waals surface area contributed by atoms with E-state index >= 15 is 0 Å². The van der Waals surface area contributed by atoms with Gasteiger partial charge in [0.05, 0.1) is 10.7 Å². The minimum atomic E-state index is -4.96. The smallest absolute Gasteiger partial charge is 0.431 e. The standard InChI is InChI=1S/C16H7Cl2F4N3O3/c17-7-4-8(19)9(5-10(7)28-13-3-1-2-12(18)24-13)25-14(26)6-11(16(20,21)22)23-15(25)27/h1-6H,(H,23,27). The predicted octanol–water partition coefficient (Wildman–Crippen LogP) is 4.18. The Labute approximate surface area is 162 Å². The summed E-state index contributed by atoms with van der Waals surface area (Å²) >= 11 is 11.6. The first-order chi connectivity index (χ1) is 13.1. The molecule has 0 amide bonds. The second-order valence-electron chi connectivity index (χ2n) is 5.29. The molecule has 3 aromatic rings. The van der Waals surface area contributed by atoms with E-state index in [9.17, 15) is 27.2 Å². The third kappa shape index (κ3) is 4.02. The van der Waals surface area contributed by atoms with Gasteiger partial charge in [0.2, 0.25) is 5.88 Å². The first kappa shape index (κ1) is 19.9. The number of rotatable bonds is 3. The fourth-order valence-corrected chi connectivity index (χ4v) is 2.55. The maximum atomic E-state index is 14.3. The number of nitrogens with one attached hydrogen (secondary N) is 1. The molecule has 2 aromatic heterocycles. The highest BCUT2D eigenvalue weighted by atomic mass is 35.5. The zero-order chi connectivity index (χ0) is 20.6. The summed E-state index contributed by atoms with van der Waals surface area (Å²) in [5.74, 6) is -1.37. The number of aromatic amines is 1. The van der Waals surface area contributed by atoms with E-state index in [-0.39, 0.29) is 32.4 Å². The normalized spacial score (nSPS) is 11.5.